The molecule has 24 heavy (non-hydrogen) atoms. The normalized spacial score (nSPS) is 15.0. The van der Waals surface area contributed by atoms with Crippen LogP contribution >= 0.6 is 0 Å². The van der Waals surface area contributed by atoms with Gasteiger partial charge in [-0.3, -0.25) is 4.48 Å². The highest BCUT2D eigenvalue weighted by atomic mass is 15.3. The fourth-order valence-electron chi connectivity index (χ4n) is 3.27. The van der Waals surface area contributed by atoms with Crippen molar-refractivity contribution in [1.29, 1.82) is 0 Å². The van der Waals surface area contributed by atoms with Gasteiger partial charge in [0.15, 0.2) is 0 Å². The van der Waals surface area contributed by atoms with Gasteiger partial charge in [-0.05, 0) is 32.3 Å². The Hall–Kier alpha value is -1.60. The van der Waals surface area contributed by atoms with Gasteiger partial charge in [0.25, 0.3) is 0 Å². The van der Waals surface area contributed by atoms with E-state index in [0.717, 1.165) is 29.4 Å². The number of allylic oxidation sites excluding steroid dienone is 5. The average molecular weight is 327 g/mol. The van der Waals surface area contributed by atoms with Crippen LogP contribution in [-0.2, 0) is 6.54 Å². The molecule has 1 heteroatoms. The van der Waals surface area contributed by atoms with E-state index in [-0.39, 0.29) is 0 Å². The molecule has 132 valence electrons. The topological polar surface area (TPSA) is 0 Å². The molecule has 0 aliphatic heterocycles. The first-order valence-corrected chi connectivity index (χ1v) is 9.17. The summed E-state index contributed by atoms with van der Waals surface area (Å²) in [4.78, 5) is 0. The lowest BCUT2D eigenvalue weighted by Crippen LogP contribution is -2.41. The summed E-state index contributed by atoms with van der Waals surface area (Å²) in [7, 11) is 4.65. The van der Waals surface area contributed by atoms with E-state index in [1.807, 2.05) is 0 Å². The van der Waals surface area contributed by atoms with Crippen LogP contribution in [0.5, 0.6) is 0 Å². The van der Waals surface area contributed by atoms with Gasteiger partial charge in [0.05, 0.1) is 14.1 Å². The van der Waals surface area contributed by atoms with Gasteiger partial charge < -0.3 is 0 Å². The molecule has 0 aromatic heterocycles. The van der Waals surface area contributed by atoms with Crippen LogP contribution < -0.4 is 0 Å². The molecule has 0 saturated carbocycles. The van der Waals surface area contributed by atoms with Crippen LogP contribution in [0.15, 0.2) is 65.4 Å². The lowest BCUT2D eigenvalue weighted by atomic mass is 9.92. The summed E-state index contributed by atoms with van der Waals surface area (Å²) in [6.45, 7) is 16.5. The van der Waals surface area contributed by atoms with Crippen molar-refractivity contribution in [3.63, 3.8) is 0 Å². The molecule has 1 rings (SSSR count). The number of quaternary nitrogens is 1. The lowest BCUT2D eigenvalue weighted by molar-refractivity contribution is -0.870. The minimum atomic E-state index is 0.524. The van der Waals surface area contributed by atoms with Crippen LogP contribution in [0, 0.1) is 5.92 Å². The van der Waals surface area contributed by atoms with Crippen molar-refractivity contribution in [2.24, 2.45) is 5.92 Å². The molecule has 1 atom stereocenters. The molecule has 1 aromatic rings. The number of benzene rings is 1. The Labute approximate surface area is 150 Å². The van der Waals surface area contributed by atoms with E-state index in [1.165, 1.54) is 22.4 Å². The van der Waals surface area contributed by atoms with Crippen LogP contribution in [0.1, 0.15) is 53.0 Å². The first kappa shape index (κ1) is 20.4. The average Bonchev–Trinajstić information content (AvgIpc) is 2.53. The van der Waals surface area contributed by atoms with Crippen molar-refractivity contribution < 1.29 is 4.48 Å². The van der Waals surface area contributed by atoms with Gasteiger partial charge >= 0.3 is 0 Å². The predicted octanol–water partition coefficient (Wildman–Crippen LogP) is 6.50. The maximum absolute atomic E-state index is 4.29. The van der Waals surface area contributed by atoms with Gasteiger partial charge in [-0.25, -0.2) is 0 Å². The largest absolute Gasteiger partial charge is 0.295 e. The van der Waals surface area contributed by atoms with E-state index >= 15 is 0 Å². The monoisotopic (exact) mass is 326 g/mol. The zero-order valence-electron chi connectivity index (χ0n) is 16.8. The Balaban J connectivity index is 3.47. The van der Waals surface area contributed by atoms with E-state index in [2.05, 4.69) is 91.7 Å². The molecule has 1 nitrogen and oxygen atoms in total. The van der Waals surface area contributed by atoms with Gasteiger partial charge in [0, 0.05) is 17.1 Å². The van der Waals surface area contributed by atoms with E-state index < -0.39 is 0 Å². The summed E-state index contributed by atoms with van der Waals surface area (Å²) in [5, 5.41) is 0. The molecule has 0 aliphatic carbocycles. The third kappa shape index (κ3) is 5.49. The fourth-order valence-corrected chi connectivity index (χ4v) is 3.27. The van der Waals surface area contributed by atoms with Crippen LogP contribution in [0.3, 0.4) is 0 Å². The zero-order chi connectivity index (χ0) is 18.3. The second-order valence-electron chi connectivity index (χ2n) is 7.56. The molecule has 0 N–H and O–H groups in total. The molecule has 0 aliphatic rings. The van der Waals surface area contributed by atoms with Gasteiger partial charge in [0.2, 0.25) is 0 Å². The SMILES string of the molecule is C=C(C)C(C=C(C)CC)=C(C(C)CC)[N+](C)(C)Cc1ccccc1. The summed E-state index contributed by atoms with van der Waals surface area (Å²) in [6.07, 6.45) is 4.58. The maximum atomic E-state index is 4.29. The zero-order valence-corrected chi connectivity index (χ0v) is 16.8. The lowest BCUT2D eigenvalue weighted by Gasteiger charge is -2.36. The molecule has 1 unspecified atom stereocenters. The molecule has 0 fully saturated rings. The summed E-state index contributed by atoms with van der Waals surface area (Å²) in [5.74, 6) is 0.524. The smallest absolute Gasteiger partial charge is 0.119 e. The van der Waals surface area contributed by atoms with Gasteiger partial charge in [0.1, 0.15) is 12.2 Å². The summed E-state index contributed by atoms with van der Waals surface area (Å²) >= 11 is 0. The molecule has 0 spiro atoms. The third-order valence-corrected chi connectivity index (χ3v) is 4.84. The maximum Gasteiger partial charge on any atom is 0.119 e. The molecule has 0 saturated heterocycles. The molecule has 0 radical (unpaired) electrons. The minimum Gasteiger partial charge on any atom is -0.295 e. The van der Waals surface area contributed by atoms with Gasteiger partial charge in [-0.2, -0.15) is 0 Å². The third-order valence-electron chi connectivity index (χ3n) is 4.84. The van der Waals surface area contributed by atoms with E-state index in [1.54, 1.807) is 0 Å². The van der Waals surface area contributed by atoms with Crippen molar-refractivity contribution in [2.75, 3.05) is 14.1 Å². The van der Waals surface area contributed by atoms with Crippen LogP contribution in [0.25, 0.3) is 0 Å². The highest BCUT2D eigenvalue weighted by Crippen LogP contribution is 2.32. The highest BCUT2D eigenvalue weighted by molar-refractivity contribution is 5.41. The van der Waals surface area contributed by atoms with Crippen molar-refractivity contribution >= 4 is 0 Å². The Kier molecular flexibility index (Phi) is 7.69. The van der Waals surface area contributed by atoms with E-state index in [9.17, 15) is 0 Å². The molecule has 0 bridgehead atoms. The first-order valence-electron chi connectivity index (χ1n) is 9.17. The Morgan fingerprint density at radius 2 is 1.71 bits per heavy atom. The van der Waals surface area contributed by atoms with E-state index in [0.29, 0.717) is 5.92 Å². The minimum absolute atomic E-state index is 0.524. The second kappa shape index (κ2) is 9.03. The summed E-state index contributed by atoms with van der Waals surface area (Å²) < 4.78 is 0.870. The van der Waals surface area contributed by atoms with E-state index in [4.69, 9.17) is 0 Å². The van der Waals surface area contributed by atoms with Gasteiger partial charge in [-0.1, -0.05) is 69.3 Å². The molecule has 1 aromatic carbocycles. The quantitative estimate of drug-likeness (QED) is 0.378. The van der Waals surface area contributed by atoms with Crippen molar-refractivity contribution in [3.8, 4) is 0 Å². The van der Waals surface area contributed by atoms with Crippen LogP contribution in [0.4, 0.5) is 0 Å². The van der Waals surface area contributed by atoms with Crippen LogP contribution in [0.2, 0.25) is 0 Å². The van der Waals surface area contributed by atoms with Crippen LogP contribution in [-0.4, -0.2) is 18.6 Å². The standard InChI is InChI=1S/C23H36N/c1-9-19(5)16-22(18(3)4)23(20(6)10-2)24(7,8)17-21-14-12-11-13-15-21/h11-16,20H,3,9-10,17H2,1-2,4-8H3/q+1. The van der Waals surface area contributed by atoms with Gasteiger partial charge in [-0.15, -0.1) is 0 Å². The van der Waals surface area contributed by atoms with Crippen molar-refractivity contribution in [3.05, 3.63) is 71.0 Å². The second-order valence-corrected chi connectivity index (χ2v) is 7.56. The Bertz CT molecular complexity index is 602. The first-order chi connectivity index (χ1) is 11.2. The Morgan fingerprint density at radius 3 is 2.17 bits per heavy atom. The summed E-state index contributed by atoms with van der Waals surface area (Å²) in [5.41, 5.74) is 6.78. The number of hydrogen-bond acceptors (Lipinski definition) is 0. The number of nitrogens with zero attached hydrogens (tertiary/aromatic N) is 1. The molecule has 0 amide bonds. The number of hydrogen-bond donors (Lipinski definition) is 0. The molecular formula is C23H36N+. The molecule has 0 heterocycles. The molecular weight excluding hydrogens is 290 g/mol. The van der Waals surface area contributed by atoms with Crippen molar-refractivity contribution in [2.45, 2.75) is 54.0 Å². The Morgan fingerprint density at radius 1 is 1.12 bits per heavy atom. The number of rotatable bonds is 8. The summed E-state index contributed by atoms with van der Waals surface area (Å²) in [6, 6.07) is 10.8. The fraction of sp³-hybridized carbons (Fsp3) is 0.478. The predicted molar refractivity (Wildman–Crippen MR) is 108 cm³/mol. The van der Waals surface area contributed by atoms with Crippen molar-refractivity contribution in [1.82, 2.24) is 0 Å². The highest BCUT2D eigenvalue weighted by Gasteiger charge is 2.30.